The molecule has 2 aromatic heterocycles. The number of fused-ring (bicyclic) bond motifs is 1. The summed E-state index contributed by atoms with van der Waals surface area (Å²) in [6.45, 7) is 7.57. The van der Waals surface area contributed by atoms with Crippen LogP contribution >= 0.6 is 0 Å². The van der Waals surface area contributed by atoms with Crippen LogP contribution in [-0.2, 0) is 19.6 Å². The number of hydrogen-bond acceptors (Lipinski definition) is 5. The van der Waals surface area contributed by atoms with E-state index in [9.17, 15) is 14.4 Å². The van der Waals surface area contributed by atoms with Crippen LogP contribution in [0.4, 0.5) is 0 Å². The van der Waals surface area contributed by atoms with Crippen LogP contribution in [-0.4, -0.2) is 38.4 Å². The Kier molecular flexibility index (Phi) is 6.47. The molecule has 0 bridgehead atoms. The van der Waals surface area contributed by atoms with Crippen LogP contribution in [0.5, 0.6) is 0 Å². The van der Waals surface area contributed by atoms with E-state index in [2.05, 4.69) is 47.1 Å². The van der Waals surface area contributed by atoms with Crippen LogP contribution in [0.1, 0.15) is 66.7 Å². The number of benzene rings is 1. The molecule has 0 spiro atoms. The molecule has 8 heteroatoms. The molecule has 1 aromatic carbocycles. The van der Waals surface area contributed by atoms with Gasteiger partial charge in [-0.25, -0.2) is 9.78 Å². The summed E-state index contributed by atoms with van der Waals surface area (Å²) in [5.41, 5.74) is 2.38. The number of amides is 1. The second-order valence-electron chi connectivity index (χ2n) is 9.03. The van der Waals surface area contributed by atoms with Crippen LogP contribution < -0.4 is 16.6 Å². The van der Waals surface area contributed by atoms with Gasteiger partial charge in [0.2, 0.25) is 0 Å². The lowest BCUT2D eigenvalue weighted by molar-refractivity contribution is 0.0952. The van der Waals surface area contributed by atoms with Gasteiger partial charge in [0.1, 0.15) is 0 Å². The summed E-state index contributed by atoms with van der Waals surface area (Å²) in [7, 11) is 2.07. The molecule has 1 aliphatic rings. The van der Waals surface area contributed by atoms with Crippen molar-refractivity contribution in [2.24, 2.45) is 0 Å². The summed E-state index contributed by atoms with van der Waals surface area (Å²) in [5, 5.41) is 3.15. The van der Waals surface area contributed by atoms with E-state index in [1.165, 1.54) is 4.57 Å². The number of carbonyl (C=O) groups excluding carboxylic acids is 1. The highest BCUT2D eigenvalue weighted by molar-refractivity contribution is 6.05. The van der Waals surface area contributed by atoms with Crippen molar-refractivity contribution in [1.82, 2.24) is 24.8 Å². The third kappa shape index (κ3) is 4.75. The Balaban J connectivity index is 1.69. The van der Waals surface area contributed by atoms with Crippen molar-refractivity contribution in [2.75, 3.05) is 7.05 Å². The van der Waals surface area contributed by atoms with Crippen LogP contribution in [0.3, 0.4) is 0 Å². The topological polar surface area (TPSA) is 100 Å². The fraction of sp³-hybridized carbons (Fsp3) is 0.440. The van der Waals surface area contributed by atoms with E-state index in [0.29, 0.717) is 19.1 Å². The van der Waals surface area contributed by atoms with Gasteiger partial charge in [0.15, 0.2) is 5.65 Å². The first-order valence-corrected chi connectivity index (χ1v) is 11.5. The van der Waals surface area contributed by atoms with Gasteiger partial charge in [0.05, 0.1) is 10.9 Å². The number of H-pyrrole nitrogens is 1. The van der Waals surface area contributed by atoms with Gasteiger partial charge in [-0.1, -0.05) is 24.3 Å². The molecule has 0 aliphatic heterocycles. The quantitative estimate of drug-likeness (QED) is 0.551. The molecule has 33 heavy (non-hydrogen) atoms. The average Bonchev–Trinajstić information content (AvgIpc) is 3.63. The molecule has 174 valence electrons. The monoisotopic (exact) mass is 449 g/mol. The summed E-state index contributed by atoms with van der Waals surface area (Å²) >= 11 is 0. The zero-order chi connectivity index (χ0) is 23.7. The van der Waals surface area contributed by atoms with Gasteiger partial charge < -0.3 is 5.32 Å². The first-order chi connectivity index (χ1) is 15.8. The minimum Gasteiger partial charge on any atom is -0.348 e. The Bertz CT molecular complexity index is 1300. The van der Waals surface area contributed by atoms with Gasteiger partial charge in [-0.15, -0.1) is 0 Å². The molecule has 0 atom stereocenters. The average molecular weight is 450 g/mol. The van der Waals surface area contributed by atoms with Gasteiger partial charge in [-0.3, -0.25) is 24.0 Å². The molecule has 1 aliphatic carbocycles. The normalized spacial score (nSPS) is 13.8. The molecule has 1 saturated carbocycles. The molecule has 2 heterocycles. The smallest absolute Gasteiger partial charge is 0.329 e. The third-order valence-corrected chi connectivity index (χ3v) is 6.38. The Labute approximate surface area is 192 Å². The maximum atomic E-state index is 13.3. The highest BCUT2D eigenvalue weighted by Gasteiger charge is 2.28. The van der Waals surface area contributed by atoms with E-state index >= 15 is 0 Å². The number of nitrogens with one attached hydrogen (secondary N) is 2. The Morgan fingerprint density at radius 2 is 1.94 bits per heavy atom. The molecule has 0 saturated heterocycles. The van der Waals surface area contributed by atoms with Gasteiger partial charge in [0.25, 0.3) is 11.5 Å². The van der Waals surface area contributed by atoms with E-state index < -0.39 is 11.2 Å². The van der Waals surface area contributed by atoms with E-state index in [0.717, 1.165) is 36.2 Å². The Morgan fingerprint density at radius 3 is 2.58 bits per heavy atom. The molecule has 0 radical (unpaired) electrons. The summed E-state index contributed by atoms with van der Waals surface area (Å²) < 4.78 is 1.41. The van der Waals surface area contributed by atoms with Crippen molar-refractivity contribution in [2.45, 2.75) is 65.2 Å². The fourth-order valence-electron chi connectivity index (χ4n) is 3.96. The van der Waals surface area contributed by atoms with Crippen molar-refractivity contribution in [3.63, 3.8) is 0 Å². The molecule has 4 rings (SSSR count). The fourth-order valence-corrected chi connectivity index (χ4v) is 3.96. The summed E-state index contributed by atoms with van der Waals surface area (Å²) in [6, 6.07) is 10.1. The third-order valence-electron chi connectivity index (χ3n) is 6.38. The van der Waals surface area contributed by atoms with E-state index in [1.54, 1.807) is 6.07 Å². The standard InChI is InChI=1S/C25H31N5O3/c1-5-30-22-21(24(32)28-25(30)33)19(12-20(27-22)16-10-11-16)23(31)26-13-17-8-6-7-9-18(17)14-29(4)15(2)3/h6-9,12,15-16H,5,10-11,13-14H2,1-4H3,(H,26,31)(H,28,32,33). The summed E-state index contributed by atoms with van der Waals surface area (Å²) in [6.07, 6.45) is 1.99. The van der Waals surface area contributed by atoms with E-state index in [-0.39, 0.29) is 28.4 Å². The van der Waals surface area contributed by atoms with Crippen LogP contribution in [0.15, 0.2) is 39.9 Å². The lowest BCUT2D eigenvalue weighted by atomic mass is 10.1. The number of carbonyl (C=O) groups is 1. The van der Waals surface area contributed by atoms with Crippen LogP contribution in [0.2, 0.25) is 0 Å². The van der Waals surface area contributed by atoms with Crippen LogP contribution in [0.25, 0.3) is 11.0 Å². The minimum absolute atomic E-state index is 0.158. The number of aryl methyl sites for hydroxylation is 1. The zero-order valence-corrected chi connectivity index (χ0v) is 19.6. The molecule has 2 N–H and O–H groups in total. The largest absolute Gasteiger partial charge is 0.348 e. The van der Waals surface area contributed by atoms with Gasteiger partial charge in [-0.2, -0.15) is 0 Å². The molecule has 1 fully saturated rings. The zero-order valence-electron chi connectivity index (χ0n) is 19.6. The SMILES string of the molecule is CCn1c(=O)[nH]c(=O)c2c(C(=O)NCc3ccccc3CN(C)C(C)C)cc(C3CC3)nc21. The first kappa shape index (κ1) is 22.9. The number of nitrogens with zero attached hydrogens (tertiary/aromatic N) is 3. The van der Waals surface area contributed by atoms with Crippen molar-refractivity contribution < 1.29 is 4.79 Å². The molecule has 3 aromatic rings. The number of rotatable bonds is 8. The Morgan fingerprint density at radius 1 is 1.24 bits per heavy atom. The Hall–Kier alpha value is -3.26. The van der Waals surface area contributed by atoms with Crippen molar-refractivity contribution in [3.8, 4) is 0 Å². The second-order valence-corrected chi connectivity index (χ2v) is 9.03. The number of aromatic amines is 1. The highest BCUT2D eigenvalue weighted by atomic mass is 16.2. The van der Waals surface area contributed by atoms with Gasteiger partial charge in [-0.05, 0) is 57.9 Å². The maximum absolute atomic E-state index is 13.3. The van der Waals surface area contributed by atoms with Crippen molar-refractivity contribution >= 4 is 16.9 Å². The number of aromatic nitrogens is 3. The predicted octanol–water partition coefficient (Wildman–Crippen LogP) is 2.75. The highest BCUT2D eigenvalue weighted by Crippen LogP contribution is 2.39. The van der Waals surface area contributed by atoms with E-state index in [4.69, 9.17) is 0 Å². The lowest BCUT2D eigenvalue weighted by Crippen LogP contribution is -2.33. The minimum atomic E-state index is -0.585. The van der Waals surface area contributed by atoms with Crippen molar-refractivity contribution in [1.29, 1.82) is 0 Å². The predicted molar refractivity (Wildman–Crippen MR) is 128 cm³/mol. The number of hydrogen-bond donors (Lipinski definition) is 2. The molecule has 1 amide bonds. The molecule has 0 unspecified atom stereocenters. The van der Waals surface area contributed by atoms with Gasteiger partial charge >= 0.3 is 5.69 Å². The van der Waals surface area contributed by atoms with E-state index in [1.807, 2.05) is 25.1 Å². The van der Waals surface area contributed by atoms with Crippen molar-refractivity contribution in [3.05, 3.63) is 73.6 Å². The maximum Gasteiger partial charge on any atom is 0.329 e. The van der Waals surface area contributed by atoms with Gasteiger partial charge in [0, 0.05) is 37.3 Å². The number of pyridine rings is 1. The molecular formula is C25H31N5O3. The van der Waals surface area contributed by atoms with Crippen LogP contribution in [0, 0.1) is 0 Å². The molecule has 8 nitrogen and oxygen atoms in total. The lowest BCUT2D eigenvalue weighted by Gasteiger charge is -2.22. The first-order valence-electron chi connectivity index (χ1n) is 11.5. The second kappa shape index (κ2) is 9.31. The summed E-state index contributed by atoms with van der Waals surface area (Å²) in [5.74, 6) is -0.0731. The molecular weight excluding hydrogens is 418 g/mol. The summed E-state index contributed by atoms with van der Waals surface area (Å²) in [4.78, 5) is 47.5.